The van der Waals surface area contributed by atoms with Gasteiger partial charge in [-0.1, -0.05) is 34.6 Å². The van der Waals surface area contributed by atoms with Gasteiger partial charge in [0, 0.05) is 30.6 Å². The van der Waals surface area contributed by atoms with Crippen LogP contribution in [0.25, 0.3) is 0 Å². The summed E-state index contributed by atoms with van der Waals surface area (Å²) in [4.78, 5) is 14.0. The smallest absolute Gasteiger partial charge is 0.228 e. The molecule has 0 radical (unpaired) electrons. The predicted octanol–water partition coefficient (Wildman–Crippen LogP) is 1.63. The van der Waals surface area contributed by atoms with Gasteiger partial charge in [-0.25, -0.2) is 0 Å². The number of carbonyl (C=O) groups is 1. The predicted molar refractivity (Wildman–Crippen MR) is 62.7 cm³/mol. The van der Waals surface area contributed by atoms with Crippen LogP contribution in [-0.4, -0.2) is 36.0 Å². The maximum absolute atomic E-state index is 12.0. The fourth-order valence-electron chi connectivity index (χ4n) is 2.03. The third kappa shape index (κ3) is 3.49. The number of nitrogens with zero attached hydrogens (tertiary/aromatic N) is 1. The molecule has 0 spiro atoms. The molecule has 1 fully saturated rings. The highest BCUT2D eigenvalue weighted by molar-refractivity contribution is 5.81. The summed E-state index contributed by atoms with van der Waals surface area (Å²) in [7, 11) is 0. The first-order valence-corrected chi connectivity index (χ1v) is 5.86. The van der Waals surface area contributed by atoms with Crippen LogP contribution in [0.5, 0.6) is 0 Å². The van der Waals surface area contributed by atoms with Crippen molar-refractivity contribution in [1.29, 1.82) is 0 Å². The van der Waals surface area contributed by atoms with E-state index >= 15 is 0 Å². The number of likely N-dealkylation sites (tertiary alicyclic amines) is 1. The number of hydrogen-bond acceptors (Lipinski definition) is 2. The van der Waals surface area contributed by atoms with E-state index in [1.165, 1.54) is 0 Å². The summed E-state index contributed by atoms with van der Waals surface area (Å²) < 4.78 is 0. The fourth-order valence-corrected chi connectivity index (χ4v) is 2.03. The van der Waals surface area contributed by atoms with Crippen molar-refractivity contribution in [3.05, 3.63) is 0 Å². The van der Waals surface area contributed by atoms with Crippen LogP contribution in [0.4, 0.5) is 0 Å². The zero-order valence-electron chi connectivity index (χ0n) is 10.6. The fraction of sp³-hybridized carbons (Fsp3) is 0.917. The maximum atomic E-state index is 12.0. The molecule has 1 saturated heterocycles. The molecule has 0 unspecified atom stereocenters. The van der Waals surface area contributed by atoms with E-state index in [9.17, 15) is 4.79 Å². The average Bonchev–Trinajstić information content (AvgIpc) is 2.48. The van der Waals surface area contributed by atoms with Crippen molar-refractivity contribution in [1.82, 2.24) is 10.2 Å². The normalized spacial score (nSPS) is 22.5. The van der Waals surface area contributed by atoms with Gasteiger partial charge in [-0.05, 0) is 6.42 Å². The van der Waals surface area contributed by atoms with E-state index in [2.05, 4.69) is 19.2 Å². The van der Waals surface area contributed by atoms with Crippen molar-refractivity contribution >= 4 is 5.91 Å². The molecule has 0 bridgehead atoms. The number of hydrogen-bond donors (Lipinski definition) is 1. The van der Waals surface area contributed by atoms with E-state index in [-0.39, 0.29) is 11.3 Å². The average molecular weight is 212 g/mol. The summed E-state index contributed by atoms with van der Waals surface area (Å²) in [5.74, 6) is 0.274. The number of carbonyl (C=O) groups excluding carboxylic acids is 1. The van der Waals surface area contributed by atoms with E-state index in [1.807, 2.05) is 25.7 Å². The minimum absolute atomic E-state index is 0.243. The molecule has 0 aromatic heterocycles. The van der Waals surface area contributed by atoms with Crippen molar-refractivity contribution < 1.29 is 4.79 Å². The Labute approximate surface area is 93.2 Å². The first-order valence-electron chi connectivity index (χ1n) is 5.86. The highest BCUT2D eigenvalue weighted by atomic mass is 16.2. The summed E-state index contributed by atoms with van der Waals surface area (Å²) in [6, 6.07) is 0.982. The molecule has 1 aliphatic heterocycles. The molecule has 3 nitrogen and oxygen atoms in total. The van der Waals surface area contributed by atoms with Crippen LogP contribution in [0, 0.1) is 5.41 Å². The molecule has 0 aliphatic carbocycles. The molecule has 0 aromatic carbocycles. The molecule has 1 amide bonds. The van der Waals surface area contributed by atoms with Gasteiger partial charge in [0.15, 0.2) is 0 Å². The monoisotopic (exact) mass is 212 g/mol. The molecular weight excluding hydrogens is 188 g/mol. The zero-order valence-corrected chi connectivity index (χ0v) is 10.6. The first-order chi connectivity index (χ1) is 6.80. The van der Waals surface area contributed by atoms with Gasteiger partial charge in [0.05, 0.1) is 0 Å². The van der Waals surface area contributed by atoms with Gasteiger partial charge in [-0.2, -0.15) is 0 Å². The Morgan fingerprint density at radius 2 is 2.00 bits per heavy atom. The Morgan fingerprint density at radius 1 is 1.40 bits per heavy atom. The summed E-state index contributed by atoms with van der Waals surface area (Å²) in [5, 5.41) is 3.48. The van der Waals surface area contributed by atoms with E-state index in [0.717, 1.165) is 19.5 Å². The van der Waals surface area contributed by atoms with E-state index in [0.29, 0.717) is 12.1 Å². The lowest BCUT2D eigenvalue weighted by atomic mass is 9.95. The third-order valence-electron chi connectivity index (χ3n) is 2.69. The molecule has 0 saturated carbocycles. The lowest BCUT2D eigenvalue weighted by Crippen LogP contribution is -2.41. The number of amides is 1. The van der Waals surface area contributed by atoms with Crippen LogP contribution < -0.4 is 5.32 Å². The van der Waals surface area contributed by atoms with Crippen LogP contribution in [0.2, 0.25) is 0 Å². The van der Waals surface area contributed by atoms with Gasteiger partial charge < -0.3 is 10.2 Å². The highest BCUT2D eigenvalue weighted by Gasteiger charge is 2.32. The van der Waals surface area contributed by atoms with Crippen molar-refractivity contribution in [3.63, 3.8) is 0 Å². The third-order valence-corrected chi connectivity index (χ3v) is 2.69. The van der Waals surface area contributed by atoms with Gasteiger partial charge in [-0.15, -0.1) is 0 Å². The Hall–Kier alpha value is -0.570. The molecule has 3 heteroatoms. The van der Waals surface area contributed by atoms with Crippen molar-refractivity contribution in [2.24, 2.45) is 5.41 Å². The molecule has 0 aromatic rings. The molecule has 1 heterocycles. The Balaban J connectivity index is 2.46. The number of nitrogens with one attached hydrogen (secondary N) is 1. The molecule has 15 heavy (non-hydrogen) atoms. The van der Waals surface area contributed by atoms with Crippen LogP contribution in [0.15, 0.2) is 0 Å². The molecule has 88 valence electrons. The Morgan fingerprint density at radius 3 is 2.47 bits per heavy atom. The highest BCUT2D eigenvalue weighted by Crippen LogP contribution is 2.21. The second kappa shape index (κ2) is 4.52. The molecule has 1 aliphatic rings. The summed E-state index contributed by atoms with van der Waals surface area (Å²) in [6.07, 6.45) is 1.08. The van der Waals surface area contributed by atoms with Gasteiger partial charge >= 0.3 is 0 Å². The lowest BCUT2D eigenvalue weighted by molar-refractivity contribution is -0.138. The van der Waals surface area contributed by atoms with Crippen LogP contribution in [0.3, 0.4) is 0 Å². The minimum atomic E-state index is -0.243. The van der Waals surface area contributed by atoms with Gasteiger partial charge in [-0.3, -0.25) is 4.79 Å². The van der Waals surface area contributed by atoms with Crippen LogP contribution in [0.1, 0.15) is 41.0 Å². The summed E-state index contributed by atoms with van der Waals surface area (Å²) in [6.45, 7) is 12.0. The topological polar surface area (TPSA) is 32.3 Å². The second-order valence-electron chi connectivity index (χ2n) is 5.81. The van der Waals surface area contributed by atoms with E-state index in [1.54, 1.807) is 0 Å². The van der Waals surface area contributed by atoms with Crippen LogP contribution >= 0.6 is 0 Å². The van der Waals surface area contributed by atoms with E-state index in [4.69, 9.17) is 0 Å². The van der Waals surface area contributed by atoms with Crippen LogP contribution in [-0.2, 0) is 4.79 Å². The van der Waals surface area contributed by atoms with Gasteiger partial charge in [0.1, 0.15) is 0 Å². The quantitative estimate of drug-likeness (QED) is 0.754. The van der Waals surface area contributed by atoms with Gasteiger partial charge in [0.25, 0.3) is 0 Å². The zero-order chi connectivity index (χ0) is 11.6. The molecule has 1 atom stereocenters. The second-order valence-corrected chi connectivity index (χ2v) is 5.81. The standard InChI is InChI=1S/C12H24N2O/c1-9(2)13-10-6-7-14(8-10)11(15)12(3,4)5/h9-10,13H,6-8H2,1-5H3/t10-/m1/s1. The minimum Gasteiger partial charge on any atom is -0.341 e. The van der Waals surface area contributed by atoms with Crippen molar-refractivity contribution in [2.45, 2.75) is 53.1 Å². The van der Waals surface area contributed by atoms with E-state index < -0.39 is 0 Å². The molecule has 1 N–H and O–H groups in total. The lowest BCUT2D eigenvalue weighted by Gasteiger charge is -2.26. The number of rotatable bonds is 2. The summed E-state index contributed by atoms with van der Waals surface area (Å²) >= 11 is 0. The Bertz CT molecular complexity index is 230. The molecular formula is C12H24N2O. The summed E-state index contributed by atoms with van der Waals surface area (Å²) in [5.41, 5.74) is -0.243. The van der Waals surface area contributed by atoms with Crippen molar-refractivity contribution in [3.8, 4) is 0 Å². The maximum Gasteiger partial charge on any atom is 0.228 e. The van der Waals surface area contributed by atoms with Crippen molar-refractivity contribution in [2.75, 3.05) is 13.1 Å². The largest absolute Gasteiger partial charge is 0.341 e. The first kappa shape index (κ1) is 12.5. The molecule has 1 rings (SSSR count). The Kier molecular flexibility index (Phi) is 3.77. The SMILES string of the molecule is CC(C)N[C@@H]1CCN(C(=O)C(C)(C)C)C1. The van der Waals surface area contributed by atoms with Gasteiger partial charge in [0.2, 0.25) is 5.91 Å².